The number of hydrogen-bond donors (Lipinski definition) is 0. The van der Waals surface area contributed by atoms with E-state index in [9.17, 15) is 4.79 Å². The number of nitrogens with zero attached hydrogens (tertiary/aromatic N) is 3. The van der Waals surface area contributed by atoms with Crippen LogP contribution in [0.4, 0.5) is 5.13 Å². The Morgan fingerprint density at radius 3 is 2.71 bits per heavy atom. The zero-order chi connectivity index (χ0) is 20.3. The Balaban J connectivity index is 2.05. The number of carbonyl (C=O) groups is 1. The molecule has 0 N–H and O–H groups in total. The molecule has 0 fully saturated rings. The van der Waals surface area contributed by atoms with Crippen LogP contribution in [0.25, 0.3) is 10.2 Å². The first-order valence-electron chi connectivity index (χ1n) is 8.68. The first-order valence-corrected chi connectivity index (χ1v) is 11.1. The van der Waals surface area contributed by atoms with Crippen LogP contribution in [0.5, 0.6) is 5.75 Å². The Hall–Kier alpha value is -1.80. The highest BCUT2D eigenvalue weighted by molar-refractivity contribution is 7.98. The number of aromatic nitrogens is 1. The van der Waals surface area contributed by atoms with Gasteiger partial charge in [-0.3, -0.25) is 9.69 Å². The lowest BCUT2D eigenvalue weighted by molar-refractivity contribution is 0.0985. The van der Waals surface area contributed by atoms with Crippen molar-refractivity contribution in [2.24, 2.45) is 0 Å². The smallest absolute Gasteiger partial charge is 0.260 e. The predicted octanol–water partition coefficient (Wildman–Crippen LogP) is 4.89. The van der Waals surface area contributed by atoms with E-state index in [4.69, 9.17) is 21.3 Å². The van der Waals surface area contributed by atoms with E-state index in [2.05, 4.69) is 0 Å². The zero-order valence-electron chi connectivity index (χ0n) is 16.2. The topological polar surface area (TPSA) is 45.7 Å². The van der Waals surface area contributed by atoms with Crippen molar-refractivity contribution < 1.29 is 9.53 Å². The van der Waals surface area contributed by atoms with Gasteiger partial charge in [0, 0.05) is 23.5 Å². The lowest BCUT2D eigenvalue weighted by atomic mass is 10.2. The Morgan fingerprint density at radius 1 is 1.25 bits per heavy atom. The van der Waals surface area contributed by atoms with Gasteiger partial charge in [-0.1, -0.05) is 29.0 Å². The van der Waals surface area contributed by atoms with E-state index in [1.165, 1.54) is 11.3 Å². The number of rotatable bonds is 7. The van der Waals surface area contributed by atoms with Gasteiger partial charge in [-0.2, -0.15) is 0 Å². The minimum Gasteiger partial charge on any atom is -0.494 e. The summed E-state index contributed by atoms with van der Waals surface area (Å²) in [6.07, 6.45) is 2.00. The lowest BCUT2D eigenvalue weighted by Gasteiger charge is -2.22. The van der Waals surface area contributed by atoms with Gasteiger partial charge in [0.2, 0.25) is 0 Å². The average molecular weight is 436 g/mol. The van der Waals surface area contributed by atoms with Crippen molar-refractivity contribution in [2.75, 3.05) is 45.5 Å². The van der Waals surface area contributed by atoms with E-state index in [-0.39, 0.29) is 5.91 Å². The first kappa shape index (κ1) is 20.9. The molecule has 3 rings (SSSR count). The summed E-state index contributed by atoms with van der Waals surface area (Å²) in [5.41, 5.74) is 1.32. The number of methoxy groups -OCH3 is 1. The molecule has 0 saturated heterocycles. The summed E-state index contributed by atoms with van der Waals surface area (Å²) < 4.78 is 6.24. The summed E-state index contributed by atoms with van der Waals surface area (Å²) in [4.78, 5) is 22.9. The third kappa shape index (κ3) is 4.43. The third-order valence-electron chi connectivity index (χ3n) is 4.23. The summed E-state index contributed by atoms with van der Waals surface area (Å²) >= 11 is 9.38. The zero-order valence-corrected chi connectivity index (χ0v) is 18.6. The van der Waals surface area contributed by atoms with E-state index in [0.29, 0.717) is 33.5 Å². The molecule has 0 atom stereocenters. The average Bonchev–Trinajstić information content (AvgIpc) is 3.14. The van der Waals surface area contributed by atoms with Crippen molar-refractivity contribution in [1.82, 2.24) is 9.88 Å². The maximum Gasteiger partial charge on any atom is 0.260 e. The molecule has 5 nitrogen and oxygen atoms in total. The van der Waals surface area contributed by atoms with Crippen LogP contribution in [-0.4, -0.2) is 56.3 Å². The highest BCUT2D eigenvalue weighted by atomic mass is 35.5. The molecule has 0 saturated carbocycles. The highest BCUT2D eigenvalue weighted by Crippen LogP contribution is 2.39. The van der Waals surface area contributed by atoms with E-state index in [1.54, 1.807) is 35.9 Å². The number of halogens is 1. The summed E-state index contributed by atoms with van der Waals surface area (Å²) in [5.74, 6) is 0.568. The van der Waals surface area contributed by atoms with E-state index in [0.717, 1.165) is 16.1 Å². The van der Waals surface area contributed by atoms with Crippen molar-refractivity contribution >= 4 is 56.0 Å². The van der Waals surface area contributed by atoms with Gasteiger partial charge in [0.15, 0.2) is 5.13 Å². The molecule has 0 bridgehead atoms. The monoisotopic (exact) mass is 435 g/mol. The number of likely N-dealkylation sites (N-methyl/N-ethyl adjacent to an activating group) is 1. The van der Waals surface area contributed by atoms with Crippen LogP contribution in [-0.2, 0) is 0 Å². The number of thiazole rings is 1. The van der Waals surface area contributed by atoms with Gasteiger partial charge < -0.3 is 9.64 Å². The number of fused-ring (bicyclic) bond motifs is 1. The van der Waals surface area contributed by atoms with Crippen molar-refractivity contribution in [2.45, 2.75) is 4.90 Å². The molecule has 0 aliphatic heterocycles. The van der Waals surface area contributed by atoms with Gasteiger partial charge >= 0.3 is 0 Å². The molecular weight excluding hydrogens is 414 g/mol. The number of thioether (sulfide) groups is 1. The molecular formula is C20H22ClN3O2S2. The van der Waals surface area contributed by atoms with Crippen molar-refractivity contribution in [1.29, 1.82) is 0 Å². The minimum absolute atomic E-state index is 0.0769. The Kier molecular flexibility index (Phi) is 6.82. The van der Waals surface area contributed by atoms with Crippen LogP contribution in [0.15, 0.2) is 41.3 Å². The second-order valence-electron chi connectivity index (χ2n) is 6.42. The van der Waals surface area contributed by atoms with Crippen LogP contribution in [0, 0.1) is 0 Å². The number of ether oxygens (including phenoxy) is 1. The summed E-state index contributed by atoms with van der Waals surface area (Å²) in [6.45, 7) is 1.24. The molecule has 0 spiro atoms. The lowest BCUT2D eigenvalue weighted by Crippen LogP contribution is -2.36. The number of carbonyl (C=O) groups excluding carboxylic acids is 1. The van der Waals surface area contributed by atoms with Crippen molar-refractivity contribution in [3.8, 4) is 5.75 Å². The number of amides is 1. The first-order chi connectivity index (χ1) is 13.4. The molecule has 1 amide bonds. The Labute approximate surface area is 178 Å². The van der Waals surface area contributed by atoms with Gasteiger partial charge in [-0.05, 0) is 50.7 Å². The van der Waals surface area contributed by atoms with Gasteiger partial charge in [-0.15, -0.1) is 11.8 Å². The van der Waals surface area contributed by atoms with Gasteiger partial charge in [0.05, 0.1) is 16.8 Å². The molecule has 1 heterocycles. The molecule has 148 valence electrons. The SMILES string of the molecule is COc1ccc(Cl)c2sc(N(CCN(C)C)C(=O)c3cccc(SC)c3)nc12. The van der Waals surface area contributed by atoms with Crippen LogP contribution in [0.1, 0.15) is 10.4 Å². The molecule has 1 aromatic heterocycles. The van der Waals surface area contributed by atoms with Crippen molar-refractivity contribution in [3.05, 3.63) is 47.0 Å². The largest absolute Gasteiger partial charge is 0.494 e. The van der Waals surface area contributed by atoms with Crippen LogP contribution < -0.4 is 9.64 Å². The van der Waals surface area contributed by atoms with Crippen molar-refractivity contribution in [3.63, 3.8) is 0 Å². The fraction of sp³-hybridized carbons (Fsp3) is 0.300. The summed E-state index contributed by atoms with van der Waals surface area (Å²) in [5, 5.41) is 1.21. The molecule has 2 aromatic carbocycles. The molecule has 0 unspecified atom stereocenters. The van der Waals surface area contributed by atoms with Gasteiger partial charge in [-0.25, -0.2) is 4.98 Å². The quantitative estimate of drug-likeness (QED) is 0.494. The van der Waals surface area contributed by atoms with Crippen LogP contribution >= 0.6 is 34.7 Å². The molecule has 0 aliphatic carbocycles. The molecule has 0 aliphatic rings. The van der Waals surface area contributed by atoms with E-state index < -0.39 is 0 Å². The van der Waals surface area contributed by atoms with E-state index >= 15 is 0 Å². The Morgan fingerprint density at radius 2 is 2.04 bits per heavy atom. The van der Waals surface area contributed by atoms with Crippen LogP contribution in [0.2, 0.25) is 5.02 Å². The fourth-order valence-electron chi connectivity index (χ4n) is 2.72. The second-order valence-corrected chi connectivity index (χ2v) is 8.68. The third-order valence-corrected chi connectivity index (χ3v) is 6.49. The molecule has 0 radical (unpaired) electrons. The minimum atomic E-state index is -0.0769. The molecule has 3 aromatic rings. The maximum absolute atomic E-state index is 13.3. The van der Waals surface area contributed by atoms with E-state index in [1.807, 2.05) is 49.5 Å². The summed E-state index contributed by atoms with van der Waals surface area (Å²) in [7, 11) is 5.56. The number of hydrogen-bond acceptors (Lipinski definition) is 6. The second kappa shape index (κ2) is 9.13. The summed E-state index contributed by atoms with van der Waals surface area (Å²) in [6, 6.07) is 11.2. The normalized spacial score (nSPS) is 11.2. The van der Waals surface area contributed by atoms with Gasteiger partial charge in [0.25, 0.3) is 5.91 Å². The maximum atomic E-state index is 13.3. The highest BCUT2D eigenvalue weighted by Gasteiger charge is 2.23. The molecule has 8 heteroatoms. The molecule has 28 heavy (non-hydrogen) atoms. The fourth-order valence-corrected chi connectivity index (χ4v) is 4.46. The number of anilines is 1. The standard InChI is InChI=1S/C20H22ClN3O2S2/c1-23(2)10-11-24(19(25)13-6-5-7-14(12-13)27-4)20-22-17-16(26-3)9-8-15(21)18(17)28-20/h5-9,12H,10-11H2,1-4H3. The predicted molar refractivity (Wildman–Crippen MR) is 120 cm³/mol. The Bertz CT molecular complexity index is 991. The number of benzene rings is 2. The van der Waals surface area contributed by atoms with Crippen LogP contribution in [0.3, 0.4) is 0 Å². The van der Waals surface area contributed by atoms with Gasteiger partial charge in [0.1, 0.15) is 11.3 Å².